The van der Waals surface area contributed by atoms with E-state index in [0.29, 0.717) is 5.92 Å². The topological polar surface area (TPSA) is 78.2 Å². The molecule has 6 rings (SSSR count). The minimum absolute atomic E-state index is 0.202. The van der Waals surface area contributed by atoms with Crippen LogP contribution in [0.5, 0.6) is 0 Å². The lowest BCUT2D eigenvalue weighted by Crippen LogP contribution is -2.48. The number of nitrogens with zero attached hydrogens (tertiary/aromatic N) is 3. The number of oxazole rings is 1. The summed E-state index contributed by atoms with van der Waals surface area (Å²) in [5, 5.41) is 11.4. The van der Waals surface area contributed by atoms with Gasteiger partial charge in [0, 0.05) is 24.5 Å². The number of imidazole rings is 1. The summed E-state index contributed by atoms with van der Waals surface area (Å²) >= 11 is 0. The van der Waals surface area contributed by atoms with Gasteiger partial charge in [0.2, 0.25) is 5.89 Å². The van der Waals surface area contributed by atoms with Crippen molar-refractivity contribution < 1.29 is 9.52 Å². The van der Waals surface area contributed by atoms with Crippen LogP contribution >= 0.6 is 0 Å². The second kappa shape index (κ2) is 8.00. The molecule has 0 amide bonds. The average Bonchev–Trinajstić information content (AvgIpc) is 3.42. The highest BCUT2D eigenvalue weighted by atomic mass is 16.3. The third kappa shape index (κ3) is 3.82. The summed E-state index contributed by atoms with van der Waals surface area (Å²) in [6, 6.07) is 8.16. The van der Waals surface area contributed by atoms with Crippen LogP contribution in [0.3, 0.4) is 0 Å². The van der Waals surface area contributed by atoms with E-state index in [1.54, 1.807) is 12.5 Å². The van der Waals surface area contributed by atoms with Gasteiger partial charge in [0.1, 0.15) is 12.1 Å². The molecule has 3 unspecified atom stereocenters. The van der Waals surface area contributed by atoms with Crippen molar-refractivity contribution in [3.8, 4) is 0 Å². The Morgan fingerprint density at radius 2 is 2.17 bits per heavy atom. The lowest BCUT2D eigenvalue weighted by Gasteiger charge is -2.47. The molecular weight excluding hydrogens is 376 g/mol. The van der Waals surface area contributed by atoms with Crippen molar-refractivity contribution in [3.63, 3.8) is 0 Å². The van der Waals surface area contributed by atoms with Gasteiger partial charge in [0.25, 0.3) is 0 Å². The SMILES string of the molecule is CN(CCCc1nc2ccccc2[nH]1)CCC1(O)CC2CCC1C=C2c1ncco1. The number of aromatic nitrogens is 3. The first-order valence-electron chi connectivity index (χ1n) is 11.1. The number of aliphatic hydroxyl groups is 1. The van der Waals surface area contributed by atoms with Crippen LogP contribution in [0.2, 0.25) is 0 Å². The maximum Gasteiger partial charge on any atom is 0.221 e. The summed E-state index contributed by atoms with van der Waals surface area (Å²) in [6.07, 6.45) is 11.4. The van der Waals surface area contributed by atoms with Gasteiger partial charge in [0.05, 0.1) is 22.8 Å². The molecule has 3 aliphatic carbocycles. The Labute approximate surface area is 177 Å². The fraction of sp³-hybridized carbons (Fsp3) is 0.500. The molecule has 0 spiro atoms. The Bertz CT molecular complexity index is 992. The summed E-state index contributed by atoms with van der Waals surface area (Å²) < 4.78 is 5.52. The lowest BCUT2D eigenvalue weighted by atomic mass is 9.62. The van der Waals surface area contributed by atoms with E-state index in [2.05, 4.69) is 39.0 Å². The minimum atomic E-state index is -0.605. The highest BCUT2D eigenvalue weighted by Gasteiger charge is 2.47. The van der Waals surface area contributed by atoms with Gasteiger partial charge in [-0.25, -0.2) is 9.97 Å². The number of nitrogens with one attached hydrogen (secondary N) is 1. The molecule has 0 saturated heterocycles. The maximum absolute atomic E-state index is 11.4. The Balaban J connectivity index is 1.12. The first-order valence-corrected chi connectivity index (χ1v) is 11.1. The second-order valence-electron chi connectivity index (χ2n) is 9.01. The Kier molecular flexibility index (Phi) is 5.21. The molecule has 2 heterocycles. The summed E-state index contributed by atoms with van der Waals surface area (Å²) in [5.74, 6) is 2.34. The van der Waals surface area contributed by atoms with Crippen molar-refractivity contribution in [2.24, 2.45) is 11.8 Å². The van der Waals surface area contributed by atoms with Crippen LogP contribution in [0, 0.1) is 11.8 Å². The number of fused-ring (bicyclic) bond motifs is 3. The number of hydrogen-bond acceptors (Lipinski definition) is 5. The smallest absolute Gasteiger partial charge is 0.221 e. The van der Waals surface area contributed by atoms with Gasteiger partial charge in [0.15, 0.2) is 0 Å². The normalized spacial score (nSPS) is 25.9. The summed E-state index contributed by atoms with van der Waals surface area (Å²) in [4.78, 5) is 14.7. The molecule has 6 heteroatoms. The molecule has 1 aromatic carbocycles. The lowest BCUT2D eigenvalue weighted by molar-refractivity contribution is -0.0577. The second-order valence-corrected chi connectivity index (χ2v) is 9.01. The monoisotopic (exact) mass is 406 g/mol. The van der Waals surface area contributed by atoms with E-state index in [1.807, 2.05) is 18.2 Å². The number of H-pyrrole nitrogens is 1. The van der Waals surface area contributed by atoms with Crippen molar-refractivity contribution in [1.82, 2.24) is 19.9 Å². The predicted molar refractivity (Wildman–Crippen MR) is 117 cm³/mol. The van der Waals surface area contributed by atoms with E-state index in [9.17, 15) is 5.11 Å². The fourth-order valence-electron chi connectivity index (χ4n) is 5.22. The molecule has 3 aromatic rings. The molecule has 2 bridgehead atoms. The predicted octanol–water partition coefficient (Wildman–Crippen LogP) is 4.05. The Morgan fingerprint density at radius 1 is 1.27 bits per heavy atom. The van der Waals surface area contributed by atoms with Gasteiger partial charge >= 0.3 is 0 Å². The third-order valence-electron chi connectivity index (χ3n) is 6.93. The molecule has 1 fully saturated rings. The van der Waals surface area contributed by atoms with Gasteiger partial charge in [-0.05, 0) is 63.7 Å². The highest BCUT2D eigenvalue weighted by Crippen LogP contribution is 2.50. The first kappa shape index (κ1) is 19.5. The quantitative estimate of drug-likeness (QED) is 0.590. The number of aryl methyl sites for hydroxylation is 1. The van der Waals surface area contributed by atoms with E-state index in [4.69, 9.17) is 4.42 Å². The molecule has 3 aliphatic rings. The maximum atomic E-state index is 11.4. The number of hydrogen-bond donors (Lipinski definition) is 2. The van der Waals surface area contributed by atoms with Crippen molar-refractivity contribution >= 4 is 16.6 Å². The third-order valence-corrected chi connectivity index (χ3v) is 6.93. The van der Waals surface area contributed by atoms with Gasteiger partial charge in [-0.3, -0.25) is 0 Å². The van der Waals surface area contributed by atoms with Crippen molar-refractivity contribution in [1.29, 1.82) is 0 Å². The Morgan fingerprint density at radius 3 is 2.93 bits per heavy atom. The van der Waals surface area contributed by atoms with Gasteiger partial charge in [-0.1, -0.05) is 18.2 Å². The Hall–Kier alpha value is -2.44. The van der Waals surface area contributed by atoms with E-state index >= 15 is 0 Å². The minimum Gasteiger partial charge on any atom is -0.445 e. The zero-order valence-corrected chi connectivity index (χ0v) is 17.6. The molecular formula is C24H30N4O2. The molecule has 0 aliphatic heterocycles. The van der Waals surface area contributed by atoms with E-state index in [1.165, 1.54) is 5.57 Å². The van der Waals surface area contributed by atoms with Gasteiger partial charge in [-0.15, -0.1) is 0 Å². The number of rotatable bonds is 8. The molecule has 2 aromatic heterocycles. The van der Waals surface area contributed by atoms with Gasteiger partial charge in [-0.2, -0.15) is 0 Å². The van der Waals surface area contributed by atoms with Crippen LogP contribution in [0.1, 0.15) is 43.8 Å². The highest BCUT2D eigenvalue weighted by molar-refractivity contribution is 5.74. The van der Waals surface area contributed by atoms with Crippen LogP contribution in [0.15, 0.2) is 47.2 Å². The summed E-state index contributed by atoms with van der Waals surface area (Å²) in [7, 11) is 2.15. The number of allylic oxidation sites excluding steroid dienone is 1. The molecule has 0 radical (unpaired) electrons. The molecule has 3 atom stereocenters. The van der Waals surface area contributed by atoms with Crippen LogP contribution in [0.25, 0.3) is 16.6 Å². The van der Waals surface area contributed by atoms with E-state index in [-0.39, 0.29) is 5.92 Å². The first-order chi connectivity index (χ1) is 14.6. The number of aromatic amines is 1. The molecule has 1 saturated carbocycles. The summed E-state index contributed by atoms with van der Waals surface area (Å²) in [6.45, 7) is 1.90. The van der Waals surface area contributed by atoms with Crippen molar-refractivity contribution in [2.45, 2.75) is 44.1 Å². The van der Waals surface area contributed by atoms with Crippen LogP contribution in [0.4, 0.5) is 0 Å². The zero-order valence-electron chi connectivity index (χ0n) is 17.6. The zero-order chi connectivity index (χ0) is 20.6. The molecule has 6 nitrogen and oxygen atoms in total. The summed E-state index contributed by atoms with van der Waals surface area (Å²) in [5.41, 5.74) is 2.73. The van der Waals surface area contributed by atoms with Crippen molar-refractivity contribution in [3.05, 3.63) is 54.5 Å². The largest absolute Gasteiger partial charge is 0.445 e. The molecule has 158 valence electrons. The van der Waals surface area contributed by atoms with E-state index < -0.39 is 5.60 Å². The standard InChI is InChI=1S/C24H30N4O2/c1-28(12-4-7-22-26-20-5-2-3-6-21(20)27-22)13-10-24(29)16-17-8-9-18(24)15-19(17)23-25-11-14-30-23/h2-3,5-6,11,14-15,17-18,29H,4,7-10,12-13,16H2,1H3,(H,26,27). The fourth-order valence-corrected chi connectivity index (χ4v) is 5.22. The van der Waals surface area contributed by atoms with Crippen LogP contribution in [-0.4, -0.2) is 50.7 Å². The van der Waals surface area contributed by atoms with Crippen molar-refractivity contribution in [2.75, 3.05) is 20.1 Å². The van der Waals surface area contributed by atoms with Crippen LogP contribution in [-0.2, 0) is 6.42 Å². The van der Waals surface area contributed by atoms with Crippen LogP contribution < -0.4 is 0 Å². The number of para-hydroxylation sites is 2. The molecule has 30 heavy (non-hydrogen) atoms. The molecule has 2 N–H and O–H groups in total. The number of benzene rings is 1. The van der Waals surface area contributed by atoms with E-state index in [0.717, 1.165) is 74.4 Å². The average molecular weight is 407 g/mol. The van der Waals surface area contributed by atoms with Gasteiger partial charge < -0.3 is 19.4 Å².